The van der Waals surface area contributed by atoms with Gasteiger partial charge >= 0.3 is 5.63 Å². The van der Waals surface area contributed by atoms with Gasteiger partial charge in [0.15, 0.2) is 0 Å². The van der Waals surface area contributed by atoms with Gasteiger partial charge in [-0.1, -0.05) is 20.3 Å². The summed E-state index contributed by atoms with van der Waals surface area (Å²) in [4.78, 5) is 47.5. The molecule has 156 valence electrons. The maximum absolute atomic E-state index is 12.2. The zero-order valence-corrected chi connectivity index (χ0v) is 16.4. The Morgan fingerprint density at radius 2 is 1.93 bits per heavy atom. The third kappa shape index (κ3) is 5.34. The molecule has 0 aliphatic heterocycles. The molecule has 29 heavy (non-hydrogen) atoms. The van der Waals surface area contributed by atoms with Crippen molar-refractivity contribution in [2.45, 2.75) is 39.7 Å². The maximum atomic E-state index is 12.2. The molecule has 0 saturated carbocycles. The van der Waals surface area contributed by atoms with Crippen LogP contribution in [0.15, 0.2) is 27.4 Å². The van der Waals surface area contributed by atoms with Crippen molar-refractivity contribution in [2.75, 3.05) is 6.54 Å². The van der Waals surface area contributed by atoms with Gasteiger partial charge < -0.3 is 30.1 Å². The normalized spacial score (nSPS) is 12.9. The first kappa shape index (κ1) is 21.9. The number of nitrogens with one attached hydrogen (secondary N) is 2. The molecular formula is C20H23N2O7-. The lowest BCUT2D eigenvalue weighted by Crippen LogP contribution is -2.53. The van der Waals surface area contributed by atoms with Gasteiger partial charge in [0.2, 0.25) is 11.8 Å². The summed E-state index contributed by atoms with van der Waals surface area (Å²) in [5, 5.41) is 25.9. The van der Waals surface area contributed by atoms with E-state index in [1.54, 1.807) is 26.8 Å². The van der Waals surface area contributed by atoms with Gasteiger partial charge in [0.25, 0.3) is 0 Å². The van der Waals surface area contributed by atoms with Crippen molar-refractivity contribution >= 4 is 28.8 Å². The van der Waals surface area contributed by atoms with Crippen molar-refractivity contribution in [1.82, 2.24) is 10.6 Å². The quantitative estimate of drug-likeness (QED) is 0.514. The molecule has 0 aliphatic carbocycles. The number of aromatic hydroxyl groups is 1. The van der Waals surface area contributed by atoms with Crippen LogP contribution in [-0.2, 0) is 20.8 Å². The summed E-state index contributed by atoms with van der Waals surface area (Å²) in [6.45, 7) is 4.67. The number of hydrogen-bond acceptors (Lipinski definition) is 7. The predicted molar refractivity (Wildman–Crippen MR) is 102 cm³/mol. The molecule has 1 heterocycles. The number of aryl methyl sites for hydroxylation is 1. The van der Waals surface area contributed by atoms with Crippen molar-refractivity contribution in [3.63, 3.8) is 0 Å². The molecule has 0 fully saturated rings. The number of phenols is 1. The molecule has 2 atom stereocenters. The SMILES string of the molecule is CC[C@@H](C)[C@H](NC(=O)CNC(=O)Cc1c(C)c2ccc(O)cc2oc1=O)C(=O)[O-]. The highest BCUT2D eigenvalue weighted by atomic mass is 16.4. The summed E-state index contributed by atoms with van der Waals surface area (Å²) < 4.78 is 5.15. The summed E-state index contributed by atoms with van der Waals surface area (Å²) in [6, 6.07) is 3.17. The molecule has 1 aromatic carbocycles. The summed E-state index contributed by atoms with van der Waals surface area (Å²) in [5.74, 6) is -3.05. The second-order valence-corrected chi connectivity index (χ2v) is 6.88. The van der Waals surface area contributed by atoms with E-state index >= 15 is 0 Å². The number of carboxylic acids is 1. The number of fused-ring (bicyclic) bond motifs is 1. The second kappa shape index (κ2) is 9.22. The Labute approximate surface area is 166 Å². The molecular weight excluding hydrogens is 380 g/mol. The van der Waals surface area contributed by atoms with E-state index in [2.05, 4.69) is 10.6 Å². The van der Waals surface area contributed by atoms with Crippen LogP contribution >= 0.6 is 0 Å². The van der Waals surface area contributed by atoms with Crippen molar-refractivity contribution in [1.29, 1.82) is 0 Å². The lowest BCUT2D eigenvalue weighted by atomic mass is 9.99. The molecule has 9 nitrogen and oxygen atoms in total. The number of phenolic OH excluding ortho intramolecular Hbond substituents is 1. The molecule has 0 unspecified atom stereocenters. The van der Waals surface area contributed by atoms with Crippen LogP contribution in [0, 0.1) is 12.8 Å². The Kier molecular flexibility index (Phi) is 6.98. The van der Waals surface area contributed by atoms with Crippen molar-refractivity contribution in [2.24, 2.45) is 5.92 Å². The van der Waals surface area contributed by atoms with Crippen LogP contribution < -0.4 is 21.4 Å². The highest BCUT2D eigenvalue weighted by Crippen LogP contribution is 2.23. The Morgan fingerprint density at radius 1 is 1.24 bits per heavy atom. The molecule has 0 aliphatic rings. The van der Waals surface area contributed by atoms with Crippen molar-refractivity contribution in [3.05, 3.63) is 39.7 Å². The first-order valence-electron chi connectivity index (χ1n) is 9.16. The number of carbonyl (C=O) groups excluding carboxylic acids is 3. The molecule has 1 aromatic heterocycles. The smallest absolute Gasteiger partial charge is 0.340 e. The fourth-order valence-electron chi connectivity index (χ4n) is 2.88. The van der Waals surface area contributed by atoms with Gasteiger partial charge in [-0.2, -0.15) is 0 Å². The molecule has 2 rings (SSSR count). The summed E-state index contributed by atoms with van der Waals surface area (Å²) in [6.07, 6.45) is 0.216. The Balaban J connectivity index is 2.04. The zero-order chi connectivity index (χ0) is 21.7. The minimum absolute atomic E-state index is 0.0520. The van der Waals surface area contributed by atoms with Crippen LogP contribution in [0.5, 0.6) is 5.75 Å². The number of benzene rings is 1. The topological polar surface area (TPSA) is 149 Å². The van der Waals surface area contributed by atoms with E-state index in [-0.39, 0.29) is 29.2 Å². The zero-order valence-electron chi connectivity index (χ0n) is 16.4. The second-order valence-electron chi connectivity index (χ2n) is 6.88. The molecule has 2 amide bonds. The lowest BCUT2D eigenvalue weighted by molar-refractivity contribution is -0.309. The third-order valence-corrected chi connectivity index (χ3v) is 4.84. The summed E-state index contributed by atoms with van der Waals surface area (Å²) >= 11 is 0. The van der Waals surface area contributed by atoms with Gasteiger partial charge in [-0.25, -0.2) is 4.79 Å². The van der Waals surface area contributed by atoms with E-state index in [0.29, 0.717) is 17.4 Å². The van der Waals surface area contributed by atoms with Crippen molar-refractivity contribution < 1.29 is 29.0 Å². The standard InChI is InChI=1S/C20H24N2O7/c1-4-10(2)18(19(26)27)22-17(25)9-21-16(24)8-14-11(3)13-6-5-12(23)7-15(13)29-20(14)28/h5-7,10,18,23H,4,8-9H2,1-3H3,(H,21,24)(H,22,25)(H,26,27)/p-1/t10-,18+/m1/s1. The van der Waals surface area contributed by atoms with E-state index in [0.717, 1.165) is 0 Å². The van der Waals surface area contributed by atoms with Gasteiger partial charge in [-0.05, 0) is 30.5 Å². The summed E-state index contributed by atoms with van der Waals surface area (Å²) in [5.41, 5.74) is 0.154. The number of aliphatic carboxylic acids is 1. The van der Waals surface area contributed by atoms with E-state index in [4.69, 9.17) is 4.42 Å². The Morgan fingerprint density at radius 3 is 2.55 bits per heavy atom. The van der Waals surface area contributed by atoms with Gasteiger partial charge in [0.1, 0.15) is 11.3 Å². The van der Waals surface area contributed by atoms with E-state index in [1.807, 2.05) is 0 Å². The van der Waals surface area contributed by atoms with Crippen LogP contribution in [0.3, 0.4) is 0 Å². The Hall–Kier alpha value is -3.36. The number of rotatable bonds is 8. The molecule has 0 saturated heterocycles. The number of hydrogen-bond donors (Lipinski definition) is 3. The molecule has 0 radical (unpaired) electrons. The molecule has 0 spiro atoms. The van der Waals surface area contributed by atoms with Crippen LogP contribution in [-0.4, -0.2) is 35.5 Å². The number of carbonyl (C=O) groups is 3. The lowest BCUT2D eigenvalue weighted by Gasteiger charge is -2.25. The minimum atomic E-state index is -1.39. The average Bonchev–Trinajstić information content (AvgIpc) is 2.66. The maximum Gasteiger partial charge on any atom is 0.340 e. The highest BCUT2D eigenvalue weighted by molar-refractivity contribution is 5.89. The number of carboxylic acid groups (broad SMARTS) is 1. The molecule has 2 aromatic rings. The fraction of sp³-hybridized carbons (Fsp3) is 0.400. The van der Waals surface area contributed by atoms with Gasteiger partial charge in [0.05, 0.1) is 30.5 Å². The predicted octanol–water partition coefficient (Wildman–Crippen LogP) is -0.253. The first-order valence-corrected chi connectivity index (χ1v) is 9.16. The van der Waals surface area contributed by atoms with Crippen LogP contribution in [0.1, 0.15) is 31.4 Å². The van der Waals surface area contributed by atoms with Crippen LogP contribution in [0.25, 0.3) is 11.0 Å². The van der Waals surface area contributed by atoms with E-state index < -0.39 is 36.0 Å². The molecule has 0 bridgehead atoms. The largest absolute Gasteiger partial charge is 0.548 e. The van der Waals surface area contributed by atoms with Crippen molar-refractivity contribution in [3.8, 4) is 5.75 Å². The van der Waals surface area contributed by atoms with Crippen LogP contribution in [0.4, 0.5) is 0 Å². The monoisotopic (exact) mass is 403 g/mol. The fourth-order valence-corrected chi connectivity index (χ4v) is 2.88. The van der Waals surface area contributed by atoms with Gasteiger partial charge in [-0.3, -0.25) is 9.59 Å². The average molecular weight is 403 g/mol. The van der Waals surface area contributed by atoms with Gasteiger partial charge in [-0.15, -0.1) is 0 Å². The summed E-state index contributed by atoms with van der Waals surface area (Å²) in [7, 11) is 0. The molecule has 9 heteroatoms. The number of amides is 2. The third-order valence-electron chi connectivity index (χ3n) is 4.84. The van der Waals surface area contributed by atoms with E-state index in [9.17, 15) is 29.4 Å². The van der Waals surface area contributed by atoms with Crippen LogP contribution in [0.2, 0.25) is 0 Å². The minimum Gasteiger partial charge on any atom is -0.548 e. The van der Waals surface area contributed by atoms with E-state index in [1.165, 1.54) is 12.1 Å². The highest BCUT2D eigenvalue weighted by Gasteiger charge is 2.20. The molecule has 3 N–H and O–H groups in total. The van der Waals surface area contributed by atoms with Gasteiger partial charge in [0, 0.05) is 11.5 Å². The Bertz CT molecular complexity index is 996. The first-order chi connectivity index (χ1) is 13.6.